The summed E-state index contributed by atoms with van der Waals surface area (Å²) < 4.78 is 34.1. The molecule has 0 atom stereocenters. The van der Waals surface area contributed by atoms with Crippen molar-refractivity contribution in [2.75, 3.05) is 22.5 Å². The van der Waals surface area contributed by atoms with Crippen LogP contribution in [0, 0.1) is 0 Å². The number of halogens is 1. The van der Waals surface area contributed by atoms with Crippen molar-refractivity contribution in [3.05, 3.63) is 77.3 Å². The molecular formula is C20H18BrN3O3S2. The molecule has 0 aliphatic rings. The van der Waals surface area contributed by atoms with Gasteiger partial charge in [-0.05, 0) is 60.7 Å². The lowest BCUT2D eigenvalue weighted by molar-refractivity contribution is 0.415. The largest absolute Gasteiger partial charge is 0.495 e. The lowest BCUT2D eigenvalue weighted by Gasteiger charge is -2.15. The average molecular weight is 492 g/mol. The molecule has 3 aromatic carbocycles. The van der Waals surface area contributed by atoms with E-state index in [9.17, 15) is 8.42 Å². The van der Waals surface area contributed by atoms with E-state index in [4.69, 9.17) is 17.0 Å². The molecule has 0 unspecified atom stereocenters. The van der Waals surface area contributed by atoms with E-state index in [-0.39, 0.29) is 4.90 Å². The molecule has 0 fully saturated rings. The van der Waals surface area contributed by atoms with Gasteiger partial charge in [0.1, 0.15) is 5.75 Å². The van der Waals surface area contributed by atoms with E-state index in [2.05, 4.69) is 31.3 Å². The Morgan fingerprint density at radius 3 is 2.28 bits per heavy atom. The average Bonchev–Trinajstić information content (AvgIpc) is 2.70. The molecule has 0 saturated carbocycles. The van der Waals surface area contributed by atoms with Gasteiger partial charge in [-0.1, -0.05) is 34.1 Å². The summed E-state index contributed by atoms with van der Waals surface area (Å²) in [6.07, 6.45) is 0. The highest BCUT2D eigenvalue weighted by Gasteiger charge is 2.17. The van der Waals surface area contributed by atoms with Crippen LogP contribution in [0.2, 0.25) is 0 Å². The van der Waals surface area contributed by atoms with Gasteiger partial charge < -0.3 is 15.4 Å². The maximum atomic E-state index is 12.7. The standard InChI is InChI=1S/C20H18BrN3O3S2/c1-27-19-13-17(29(25,26)24-16-9-7-14(21)8-10-16)11-12-18(19)23-20(28)22-15-5-3-2-4-6-15/h2-13,24H,1H3,(H2,22,23,28). The Hall–Kier alpha value is -2.62. The first-order valence-electron chi connectivity index (χ1n) is 8.47. The topological polar surface area (TPSA) is 79.5 Å². The van der Waals surface area contributed by atoms with Gasteiger partial charge in [0, 0.05) is 21.9 Å². The molecule has 0 heterocycles. The first-order valence-corrected chi connectivity index (χ1v) is 11.2. The maximum absolute atomic E-state index is 12.7. The molecule has 0 radical (unpaired) electrons. The van der Waals surface area contributed by atoms with E-state index in [0.29, 0.717) is 22.2 Å². The highest BCUT2D eigenvalue weighted by Crippen LogP contribution is 2.29. The Morgan fingerprint density at radius 1 is 0.931 bits per heavy atom. The van der Waals surface area contributed by atoms with Crippen molar-refractivity contribution in [2.24, 2.45) is 0 Å². The number of nitrogens with one attached hydrogen (secondary N) is 3. The van der Waals surface area contributed by atoms with E-state index in [1.165, 1.54) is 19.2 Å². The van der Waals surface area contributed by atoms with E-state index in [1.54, 1.807) is 30.3 Å². The molecule has 3 aromatic rings. The van der Waals surface area contributed by atoms with Gasteiger partial charge in [0.05, 0.1) is 17.7 Å². The molecule has 0 bridgehead atoms. The molecule has 0 aliphatic heterocycles. The molecule has 9 heteroatoms. The Kier molecular flexibility index (Phi) is 6.73. The van der Waals surface area contributed by atoms with E-state index < -0.39 is 10.0 Å². The second kappa shape index (κ2) is 9.25. The van der Waals surface area contributed by atoms with Crippen LogP contribution in [0.4, 0.5) is 17.1 Å². The number of para-hydroxylation sites is 1. The van der Waals surface area contributed by atoms with Crippen molar-refractivity contribution >= 4 is 60.3 Å². The highest BCUT2D eigenvalue weighted by atomic mass is 79.9. The maximum Gasteiger partial charge on any atom is 0.262 e. The third kappa shape index (κ3) is 5.69. The number of ether oxygens (including phenoxy) is 1. The number of thiocarbonyl (C=S) groups is 1. The Labute approximate surface area is 183 Å². The fourth-order valence-corrected chi connectivity index (χ4v) is 4.05. The van der Waals surface area contributed by atoms with Gasteiger partial charge in [-0.3, -0.25) is 4.72 Å². The third-order valence-electron chi connectivity index (χ3n) is 3.86. The Morgan fingerprint density at radius 2 is 1.62 bits per heavy atom. The van der Waals surface area contributed by atoms with Crippen LogP contribution < -0.4 is 20.1 Å². The SMILES string of the molecule is COc1cc(S(=O)(=O)Nc2ccc(Br)cc2)ccc1NC(=S)Nc1ccccc1. The number of hydrogen-bond donors (Lipinski definition) is 3. The van der Waals surface area contributed by atoms with Crippen LogP contribution in [0.15, 0.2) is 82.2 Å². The van der Waals surface area contributed by atoms with Crippen molar-refractivity contribution in [3.8, 4) is 5.75 Å². The molecule has 0 spiro atoms. The lowest BCUT2D eigenvalue weighted by Crippen LogP contribution is -2.19. The van der Waals surface area contributed by atoms with Gasteiger partial charge in [0.25, 0.3) is 10.0 Å². The molecule has 0 aliphatic carbocycles. The predicted molar refractivity (Wildman–Crippen MR) is 124 cm³/mol. The first kappa shape index (κ1) is 21.1. The number of sulfonamides is 1. The fourth-order valence-electron chi connectivity index (χ4n) is 2.48. The molecule has 150 valence electrons. The molecule has 0 aromatic heterocycles. The van der Waals surface area contributed by atoms with Gasteiger partial charge in [-0.2, -0.15) is 0 Å². The quantitative estimate of drug-likeness (QED) is 0.417. The van der Waals surface area contributed by atoms with Crippen molar-refractivity contribution in [3.63, 3.8) is 0 Å². The highest BCUT2D eigenvalue weighted by molar-refractivity contribution is 9.10. The summed E-state index contributed by atoms with van der Waals surface area (Å²) in [5, 5.41) is 6.43. The number of rotatable bonds is 6. The minimum atomic E-state index is -3.77. The smallest absolute Gasteiger partial charge is 0.262 e. The molecule has 6 nitrogen and oxygen atoms in total. The predicted octanol–water partition coefficient (Wildman–Crippen LogP) is 5.07. The van der Waals surface area contributed by atoms with Crippen molar-refractivity contribution in [1.82, 2.24) is 0 Å². The summed E-state index contributed by atoms with van der Waals surface area (Å²) in [6, 6.07) is 20.8. The molecule has 0 saturated heterocycles. The van der Waals surface area contributed by atoms with Crippen LogP contribution in [0.25, 0.3) is 0 Å². The second-order valence-electron chi connectivity index (χ2n) is 5.92. The van der Waals surface area contributed by atoms with Crippen LogP contribution in [0.5, 0.6) is 5.75 Å². The Balaban J connectivity index is 1.77. The zero-order chi connectivity index (χ0) is 20.9. The van der Waals surface area contributed by atoms with Crippen LogP contribution in [0.1, 0.15) is 0 Å². The van der Waals surface area contributed by atoms with Crippen molar-refractivity contribution in [1.29, 1.82) is 0 Å². The van der Waals surface area contributed by atoms with Gasteiger partial charge >= 0.3 is 0 Å². The zero-order valence-corrected chi connectivity index (χ0v) is 18.6. The summed E-state index contributed by atoms with van der Waals surface area (Å²) in [6.45, 7) is 0. The van der Waals surface area contributed by atoms with E-state index >= 15 is 0 Å². The number of methoxy groups -OCH3 is 1. The summed E-state index contributed by atoms with van der Waals surface area (Å²) in [4.78, 5) is 0.0738. The second-order valence-corrected chi connectivity index (χ2v) is 8.93. The lowest BCUT2D eigenvalue weighted by atomic mass is 10.3. The molecular weight excluding hydrogens is 474 g/mol. The number of benzene rings is 3. The Bertz CT molecular complexity index is 1110. The van der Waals surface area contributed by atoms with Gasteiger partial charge in [-0.25, -0.2) is 8.42 Å². The molecule has 3 rings (SSSR count). The number of anilines is 3. The van der Waals surface area contributed by atoms with Crippen LogP contribution >= 0.6 is 28.1 Å². The van der Waals surface area contributed by atoms with Crippen molar-refractivity contribution in [2.45, 2.75) is 4.90 Å². The molecule has 29 heavy (non-hydrogen) atoms. The van der Waals surface area contributed by atoms with E-state index in [0.717, 1.165) is 10.2 Å². The van der Waals surface area contributed by atoms with Crippen molar-refractivity contribution < 1.29 is 13.2 Å². The fraction of sp³-hybridized carbons (Fsp3) is 0.0500. The van der Waals surface area contributed by atoms with Gasteiger partial charge in [0.15, 0.2) is 5.11 Å². The first-order chi connectivity index (χ1) is 13.9. The minimum absolute atomic E-state index is 0.0738. The third-order valence-corrected chi connectivity index (χ3v) is 5.97. The number of hydrogen-bond acceptors (Lipinski definition) is 4. The zero-order valence-electron chi connectivity index (χ0n) is 15.3. The summed E-state index contributed by atoms with van der Waals surface area (Å²) in [5.74, 6) is 0.348. The molecule has 3 N–H and O–H groups in total. The van der Waals surface area contributed by atoms with Crippen LogP contribution in [-0.2, 0) is 10.0 Å². The minimum Gasteiger partial charge on any atom is -0.495 e. The monoisotopic (exact) mass is 491 g/mol. The molecule has 0 amide bonds. The summed E-state index contributed by atoms with van der Waals surface area (Å²) >= 11 is 8.64. The van der Waals surface area contributed by atoms with Crippen LogP contribution in [-0.4, -0.2) is 20.6 Å². The summed E-state index contributed by atoms with van der Waals surface area (Å²) in [5.41, 5.74) is 1.84. The summed E-state index contributed by atoms with van der Waals surface area (Å²) in [7, 11) is -2.31. The van der Waals surface area contributed by atoms with Crippen LogP contribution in [0.3, 0.4) is 0 Å². The van der Waals surface area contributed by atoms with Gasteiger partial charge in [-0.15, -0.1) is 0 Å². The van der Waals surface area contributed by atoms with E-state index in [1.807, 2.05) is 30.3 Å². The normalized spacial score (nSPS) is 10.8. The van der Waals surface area contributed by atoms with Gasteiger partial charge in [0.2, 0.25) is 0 Å².